The first-order valence-corrected chi connectivity index (χ1v) is 20.4. The highest BCUT2D eigenvalue weighted by Gasteiger charge is 2.30. The molecule has 53 heavy (non-hydrogen) atoms. The van der Waals surface area contributed by atoms with E-state index in [2.05, 4.69) is 149 Å². The molecule has 5 rings (SSSR count). The maximum atomic E-state index is 10.9. The van der Waals surface area contributed by atoms with Crippen LogP contribution >= 0.6 is 0 Å². The first-order valence-electron chi connectivity index (χ1n) is 17.7. The molecule has 0 atom stereocenters. The van der Waals surface area contributed by atoms with Gasteiger partial charge in [-0.3, -0.25) is 0 Å². The van der Waals surface area contributed by atoms with Crippen LogP contribution in [-0.2, 0) is 26.4 Å². The molecule has 0 amide bonds. The lowest BCUT2D eigenvalue weighted by Gasteiger charge is -2.26. The van der Waals surface area contributed by atoms with Gasteiger partial charge >= 0.3 is 0 Å². The summed E-state index contributed by atoms with van der Waals surface area (Å²) in [4.78, 5) is 3.50. The molecule has 0 aromatic heterocycles. The monoisotopic (exact) mass is 754 g/mol. The molecule has 282 valence electrons. The summed E-state index contributed by atoms with van der Waals surface area (Å²) in [5, 5.41) is 0. The third kappa shape index (κ3) is 12.7. The van der Waals surface area contributed by atoms with Crippen LogP contribution in [0.2, 0.25) is 0 Å². The van der Waals surface area contributed by atoms with Gasteiger partial charge in [-0.15, -0.1) is 0 Å². The van der Waals surface area contributed by atoms with E-state index in [1.165, 1.54) is 26.8 Å². The van der Waals surface area contributed by atoms with Crippen molar-refractivity contribution in [2.45, 2.75) is 118 Å². The van der Waals surface area contributed by atoms with Crippen LogP contribution in [0.5, 0.6) is 17.2 Å². The molecule has 0 radical (unpaired) electrons. The van der Waals surface area contributed by atoms with Crippen molar-refractivity contribution in [3.8, 4) is 17.2 Å². The van der Waals surface area contributed by atoms with Crippen LogP contribution in [-0.4, -0.2) is 29.8 Å². The summed E-state index contributed by atoms with van der Waals surface area (Å²) >= 11 is 0. The van der Waals surface area contributed by atoms with Crippen molar-refractivity contribution in [1.82, 2.24) is 0 Å². The minimum absolute atomic E-state index is 0.194. The average Bonchev–Trinajstić information content (AvgIpc) is 3.05. The van der Waals surface area contributed by atoms with E-state index in [-0.39, 0.29) is 38.0 Å². The van der Waals surface area contributed by atoms with Crippen molar-refractivity contribution in [2.24, 2.45) is 0 Å². The number of hydrogen-bond acceptors (Lipinski definition) is 6. The molecule has 0 saturated heterocycles. The molecule has 0 heterocycles. The zero-order valence-corrected chi connectivity index (χ0v) is 34.5. The lowest BCUT2D eigenvalue weighted by molar-refractivity contribution is 0.130. The predicted molar refractivity (Wildman–Crippen MR) is 216 cm³/mol. The number of benzene rings is 5. The molecule has 0 N–H and O–H groups in total. The zero-order valence-electron chi connectivity index (χ0n) is 32.9. The highest BCUT2D eigenvalue weighted by Crippen LogP contribution is 2.35. The van der Waals surface area contributed by atoms with Gasteiger partial charge in [-0.1, -0.05) is 56.3 Å². The molecule has 0 aliphatic rings. The second kappa shape index (κ2) is 16.4. The third-order valence-electron chi connectivity index (χ3n) is 7.81. The quantitative estimate of drug-likeness (QED) is 0.110. The summed E-state index contributed by atoms with van der Waals surface area (Å²) < 4.78 is 50.9. The maximum absolute atomic E-state index is 10.9. The standard InChI is InChI=1S/C30H39O3S.C15H16O3S/c1-28(2,3)31-22-10-16-25(17-11-22)34(26-18-12-23(13-19-26)32-29(4,5)6)27-20-14-24(15-21-27)33-30(7,8)9;1-15(2,12-6-4-3-5-7-12)13-8-10-14(11-9-13)19(16,17)18/h10-21H,1-9H3;3-11H,1-2H3,(H,16,17,18)/q+1;/p-1. The van der Waals surface area contributed by atoms with Gasteiger partial charge in [0, 0.05) is 5.41 Å². The first-order chi connectivity index (χ1) is 24.5. The van der Waals surface area contributed by atoms with Crippen molar-refractivity contribution in [3.05, 3.63) is 139 Å². The van der Waals surface area contributed by atoms with Crippen molar-refractivity contribution in [3.63, 3.8) is 0 Å². The molecule has 0 spiro atoms. The predicted octanol–water partition coefficient (Wildman–Crippen LogP) is 11.2. The van der Waals surface area contributed by atoms with E-state index in [0.29, 0.717) is 0 Å². The SMILES string of the molecule is CC(C)(C)Oc1ccc([S+](c2ccc(OC(C)(C)C)cc2)c2ccc(OC(C)(C)C)cc2)cc1.CC(C)(c1ccccc1)c1ccc(S(=O)(=O)[O-])cc1. The topological polar surface area (TPSA) is 84.9 Å². The lowest BCUT2D eigenvalue weighted by Crippen LogP contribution is -2.23. The minimum atomic E-state index is -4.38. The summed E-state index contributed by atoms with van der Waals surface area (Å²) in [5.41, 5.74) is 1.17. The zero-order chi connectivity index (χ0) is 39.2. The summed E-state index contributed by atoms with van der Waals surface area (Å²) in [5.74, 6) is 2.63. The van der Waals surface area contributed by atoms with Gasteiger partial charge in [0.1, 0.15) is 44.2 Å². The summed E-state index contributed by atoms with van der Waals surface area (Å²) in [6.45, 7) is 22.7. The molecule has 0 unspecified atom stereocenters. The van der Waals surface area contributed by atoms with Crippen LogP contribution in [0, 0.1) is 0 Å². The van der Waals surface area contributed by atoms with Crippen molar-refractivity contribution in [2.75, 3.05) is 0 Å². The largest absolute Gasteiger partial charge is 0.744 e. The van der Waals surface area contributed by atoms with Gasteiger partial charge < -0.3 is 18.8 Å². The fourth-order valence-electron chi connectivity index (χ4n) is 5.46. The molecule has 0 saturated carbocycles. The normalized spacial score (nSPS) is 12.5. The number of hydrogen-bond donors (Lipinski definition) is 0. The van der Waals surface area contributed by atoms with E-state index in [1.807, 2.05) is 30.3 Å². The Morgan fingerprint density at radius 2 is 0.736 bits per heavy atom. The Hall–Kier alpha value is -4.24. The molecule has 0 fully saturated rings. The Balaban J connectivity index is 0.000000278. The average molecular weight is 755 g/mol. The molecule has 0 aliphatic heterocycles. The van der Waals surface area contributed by atoms with Crippen LogP contribution in [0.15, 0.2) is 147 Å². The van der Waals surface area contributed by atoms with Crippen LogP contribution < -0.4 is 14.2 Å². The van der Waals surface area contributed by atoms with Gasteiger partial charge in [-0.25, -0.2) is 8.42 Å². The maximum Gasteiger partial charge on any atom is 0.166 e. The molecule has 0 aliphatic carbocycles. The molecule has 5 aromatic rings. The van der Waals surface area contributed by atoms with E-state index in [9.17, 15) is 13.0 Å². The molecular weight excluding hydrogens is 701 g/mol. The number of rotatable bonds is 9. The van der Waals surface area contributed by atoms with Crippen molar-refractivity contribution >= 4 is 21.0 Å². The molecular formula is C45H54O6S2. The Bertz CT molecular complexity index is 1860. The van der Waals surface area contributed by atoms with E-state index >= 15 is 0 Å². The second-order valence-electron chi connectivity index (χ2n) is 16.3. The van der Waals surface area contributed by atoms with Gasteiger partial charge in [0.2, 0.25) is 0 Å². The Kier molecular flexibility index (Phi) is 12.9. The minimum Gasteiger partial charge on any atom is -0.744 e. The van der Waals surface area contributed by atoms with Crippen LogP contribution in [0.4, 0.5) is 0 Å². The van der Waals surface area contributed by atoms with Gasteiger partial charge in [-0.2, -0.15) is 0 Å². The van der Waals surface area contributed by atoms with Crippen molar-refractivity contribution in [1.29, 1.82) is 0 Å². The summed E-state index contributed by atoms with van der Waals surface area (Å²) in [6.07, 6.45) is 0. The Labute approximate surface area is 320 Å². The fourth-order valence-corrected chi connectivity index (χ4v) is 7.97. The van der Waals surface area contributed by atoms with Crippen molar-refractivity contribution < 1.29 is 27.2 Å². The Morgan fingerprint density at radius 3 is 1.02 bits per heavy atom. The smallest absolute Gasteiger partial charge is 0.166 e. The van der Waals surface area contributed by atoms with E-state index in [1.54, 1.807) is 12.1 Å². The highest BCUT2D eigenvalue weighted by atomic mass is 32.2. The summed E-state index contributed by atoms with van der Waals surface area (Å²) in [7, 11) is -4.66. The number of ether oxygens (including phenoxy) is 3. The van der Waals surface area contributed by atoms with Crippen LogP contribution in [0.3, 0.4) is 0 Å². The van der Waals surface area contributed by atoms with E-state index < -0.39 is 10.1 Å². The Morgan fingerprint density at radius 1 is 0.434 bits per heavy atom. The summed E-state index contributed by atoms with van der Waals surface area (Å²) in [6, 6.07) is 41.5. The molecule has 5 aromatic carbocycles. The molecule has 0 bridgehead atoms. The second-order valence-corrected chi connectivity index (χ2v) is 19.7. The molecule has 8 heteroatoms. The van der Waals surface area contributed by atoms with Gasteiger partial charge in [-0.05, 0) is 158 Å². The van der Waals surface area contributed by atoms with Gasteiger partial charge in [0.05, 0.1) is 15.8 Å². The first kappa shape index (κ1) is 41.5. The van der Waals surface area contributed by atoms with Gasteiger partial charge in [0.25, 0.3) is 0 Å². The van der Waals surface area contributed by atoms with Gasteiger partial charge in [0.15, 0.2) is 14.7 Å². The lowest BCUT2D eigenvalue weighted by atomic mass is 9.78. The van der Waals surface area contributed by atoms with Crippen LogP contribution in [0.25, 0.3) is 0 Å². The van der Waals surface area contributed by atoms with Crippen LogP contribution in [0.1, 0.15) is 87.3 Å². The highest BCUT2D eigenvalue weighted by molar-refractivity contribution is 7.97. The van der Waals surface area contributed by atoms with E-state index in [4.69, 9.17) is 14.2 Å². The third-order valence-corrected chi connectivity index (χ3v) is 10.9. The van der Waals surface area contributed by atoms with E-state index in [0.717, 1.165) is 28.4 Å². The fraction of sp³-hybridized carbons (Fsp3) is 0.333. The molecule has 6 nitrogen and oxygen atoms in total.